The Morgan fingerprint density at radius 3 is 2.95 bits per heavy atom. The molecule has 0 bridgehead atoms. The van der Waals surface area contributed by atoms with E-state index >= 15 is 0 Å². The standard InChI is InChI=1S/C14H20N4O/c1-10(5-7-15)3-4-13-17-14(18-19-13)12-6-8-16-9-11(12)2/h6,8-10H,3-5,7,15H2,1-2H3. The van der Waals surface area contributed by atoms with Crippen molar-refractivity contribution in [2.24, 2.45) is 11.7 Å². The third kappa shape index (κ3) is 3.61. The van der Waals surface area contributed by atoms with Crippen LogP contribution >= 0.6 is 0 Å². The van der Waals surface area contributed by atoms with Crippen LogP contribution in [0.2, 0.25) is 0 Å². The maximum Gasteiger partial charge on any atom is 0.226 e. The smallest absolute Gasteiger partial charge is 0.226 e. The fraction of sp³-hybridized carbons (Fsp3) is 0.500. The van der Waals surface area contributed by atoms with Crippen LogP contribution in [-0.4, -0.2) is 21.7 Å². The number of nitrogens with two attached hydrogens (primary N) is 1. The maximum atomic E-state index is 5.54. The normalized spacial score (nSPS) is 12.6. The van der Waals surface area contributed by atoms with Crippen LogP contribution in [0.25, 0.3) is 11.4 Å². The highest BCUT2D eigenvalue weighted by Crippen LogP contribution is 2.20. The van der Waals surface area contributed by atoms with Gasteiger partial charge in [-0.15, -0.1) is 0 Å². The minimum absolute atomic E-state index is 0.586. The van der Waals surface area contributed by atoms with E-state index in [1.165, 1.54) is 0 Å². The Morgan fingerprint density at radius 2 is 2.21 bits per heavy atom. The van der Waals surface area contributed by atoms with Gasteiger partial charge < -0.3 is 10.3 Å². The topological polar surface area (TPSA) is 77.8 Å². The summed E-state index contributed by atoms with van der Waals surface area (Å²) in [7, 11) is 0. The lowest BCUT2D eigenvalue weighted by atomic mass is 10.0. The molecule has 2 N–H and O–H groups in total. The van der Waals surface area contributed by atoms with Gasteiger partial charge in [-0.2, -0.15) is 4.98 Å². The van der Waals surface area contributed by atoms with Crippen molar-refractivity contribution in [1.82, 2.24) is 15.1 Å². The molecule has 0 aromatic carbocycles. The molecule has 2 heterocycles. The molecule has 1 unspecified atom stereocenters. The monoisotopic (exact) mass is 260 g/mol. The minimum Gasteiger partial charge on any atom is -0.339 e. The Kier molecular flexibility index (Phi) is 4.63. The first-order valence-corrected chi connectivity index (χ1v) is 6.64. The predicted molar refractivity (Wildman–Crippen MR) is 73.4 cm³/mol. The third-order valence-corrected chi connectivity index (χ3v) is 3.24. The second-order valence-electron chi connectivity index (χ2n) is 4.92. The Balaban J connectivity index is 2.02. The highest BCUT2D eigenvalue weighted by atomic mass is 16.5. The summed E-state index contributed by atoms with van der Waals surface area (Å²) >= 11 is 0. The van der Waals surface area contributed by atoms with Gasteiger partial charge in [0.2, 0.25) is 11.7 Å². The molecule has 2 rings (SSSR count). The SMILES string of the molecule is Cc1cnccc1-c1noc(CCC(C)CCN)n1. The average Bonchev–Trinajstić information content (AvgIpc) is 2.86. The molecule has 0 fully saturated rings. The molecule has 0 saturated heterocycles. The van der Waals surface area contributed by atoms with E-state index < -0.39 is 0 Å². The summed E-state index contributed by atoms with van der Waals surface area (Å²) in [5, 5.41) is 4.03. The Hall–Kier alpha value is -1.75. The Bertz CT molecular complexity index is 524. The van der Waals surface area contributed by atoms with Crippen molar-refractivity contribution >= 4 is 0 Å². The molecule has 0 aliphatic heterocycles. The summed E-state index contributed by atoms with van der Waals surface area (Å²) in [4.78, 5) is 8.50. The number of hydrogen-bond donors (Lipinski definition) is 1. The second-order valence-corrected chi connectivity index (χ2v) is 4.92. The Labute approximate surface area is 113 Å². The van der Waals surface area contributed by atoms with E-state index in [0.717, 1.165) is 36.9 Å². The summed E-state index contributed by atoms with van der Waals surface area (Å²) < 4.78 is 5.29. The molecule has 0 aliphatic rings. The summed E-state index contributed by atoms with van der Waals surface area (Å²) in [5.74, 6) is 1.92. The summed E-state index contributed by atoms with van der Waals surface area (Å²) in [6, 6.07) is 1.90. The summed E-state index contributed by atoms with van der Waals surface area (Å²) in [5.41, 5.74) is 7.56. The number of nitrogens with zero attached hydrogens (tertiary/aromatic N) is 3. The molecule has 1 atom stereocenters. The predicted octanol–water partition coefficient (Wildman–Crippen LogP) is 2.36. The van der Waals surface area contributed by atoms with Crippen molar-refractivity contribution in [3.8, 4) is 11.4 Å². The number of aromatic nitrogens is 3. The van der Waals surface area contributed by atoms with Gasteiger partial charge in [0.1, 0.15) is 0 Å². The highest BCUT2D eigenvalue weighted by Gasteiger charge is 2.11. The van der Waals surface area contributed by atoms with Crippen LogP contribution in [0.4, 0.5) is 0 Å². The number of rotatable bonds is 6. The quantitative estimate of drug-likeness (QED) is 0.862. The van der Waals surface area contributed by atoms with Crippen molar-refractivity contribution in [3.05, 3.63) is 29.9 Å². The van der Waals surface area contributed by atoms with Gasteiger partial charge in [0, 0.05) is 24.4 Å². The van der Waals surface area contributed by atoms with E-state index in [1.54, 1.807) is 12.4 Å². The van der Waals surface area contributed by atoms with Crippen molar-refractivity contribution < 1.29 is 4.52 Å². The molecule has 102 valence electrons. The minimum atomic E-state index is 0.586. The molecule has 0 radical (unpaired) electrons. The average molecular weight is 260 g/mol. The largest absolute Gasteiger partial charge is 0.339 e. The zero-order chi connectivity index (χ0) is 13.7. The molecule has 0 amide bonds. The van der Waals surface area contributed by atoms with Gasteiger partial charge in [0.25, 0.3) is 0 Å². The van der Waals surface area contributed by atoms with Crippen LogP contribution in [0.15, 0.2) is 23.0 Å². The molecule has 5 nitrogen and oxygen atoms in total. The van der Waals surface area contributed by atoms with E-state index in [9.17, 15) is 0 Å². The van der Waals surface area contributed by atoms with E-state index in [0.29, 0.717) is 17.6 Å². The fourth-order valence-electron chi connectivity index (χ4n) is 1.99. The number of aryl methyl sites for hydroxylation is 2. The van der Waals surface area contributed by atoms with Gasteiger partial charge in [-0.25, -0.2) is 0 Å². The van der Waals surface area contributed by atoms with Gasteiger partial charge in [0.05, 0.1) is 0 Å². The second kappa shape index (κ2) is 6.43. The zero-order valence-electron chi connectivity index (χ0n) is 11.5. The van der Waals surface area contributed by atoms with Crippen LogP contribution in [0.3, 0.4) is 0 Å². The number of hydrogen-bond acceptors (Lipinski definition) is 5. The molecule has 0 aliphatic carbocycles. The van der Waals surface area contributed by atoms with Crippen LogP contribution in [0.5, 0.6) is 0 Å². The molecule has 2 aromatic heterocycles. The lowest BCUT2D eigenvalue weighted by Crippen LogP contribution is -2.06. The highest BCUT2D eigenvalue weighted by molar-refractivity contribution is 5.57. The lowest BCUT2D eigenvalue weighted by Gasteiger charge is -2.06. The van der Waals surface area contributed by atoms with E-state index in [1.807, 2.05) is 13.0 Å². The maximum absolute atomic E-state index is 5.54. The van der Waals surface area contributed by atoms with E-state index in [2.05, 4.69) is 22.0 Å². The van der Waals surface area contributed by atoms with E-state index in [4.69, 9.17) is 10.3 Å². The van der Waals surface area contributed by atoms with Crippen LogP contribution < -0.4 is 5.73 Å². The van der Waals surface area contributed by atoms with Gasteiger partial charge in [-0.1, -0.05) is 12.1 Å². The van der Waals surface area contributed by atoms with Gasteiger partial charge in [-0.05, 0) is 43.9 Å². The first kappa shape index (κ1) is 13.7. The lowest BCUT2D eigenvalue weighted by molar-refractivity contribution is 0.362. The molecule has 19 heavy (non-hydrogen) atoms. The first-order valence-electron chi connectivity index (χ1n) is 6.64. The fourth-order valence-corrected chi connectivity index (χ4v) is 1.99. The van der Waals surface area contributed by atoms with Crippen LogP contribution in [0, 0.1) is 12.8 Å². The molecular formula is C14H20N4O. The molecule has 5 heteroatoms. The third-order valence-electron chi connectivity index (χ3n) is 3.24. The van der Waals surface area contributed by atoms with Gasteiger partial charge in [-0.3, -0.25) is 4.98 Å². The first-order chi connectivity index (χ1) is 9.20. The Morgan fingerprint density at radius 1 is 1.37 bits per heavy atom. The number of pyridine rings is 1. The van der Waals surface area contributed by atoms with Crippen molar-refractivity contribution in [2.75, 3.05) is 6.54 Å². The van der Waals surface area contributed by atoms with E-state index in [-0.39, 0.29) is 0 Å². The molecular weight excluding hydrogens is 240 g/mol. The van der Waals surface area contributed by atoms with Crippen molar-refractivity contribution in [3.63, 3.8) is 0 Å². The van der Waals surface area contributed by atoms with Crippen molar-refractivity contribution in [2.45, 2.75) is 33.1 Å². The van der Waals surface area contributed by atoms with Crippen LogP contribution in [-0.2, 0) is 6.42 Å². The van der Waals surface area contributed by atoms with Gasteiger partial charge in [0.15, 0.2) is 0 Å². The van der Waals surface area contributed by atoms with Gasteiger partial charge >= 0.3 is 0 Å². The van der Waals surface area contributed by atoms with Crippen LogP contribution in [0.1, 0.15) is 31.2 Å². The zero-order valence-corrected chi connectivity index (χ0v) is 11.5. The van der Waals surface area contributed by atoms with Crippen molar-refractivity contribution in [1.29, 1.82) is 0 Å². The summed E-state index contributed by atoms with van der Waals surface area (Å²) in [6.45, 7) is 4.91. The summed E-state index contributed by atoms with van der Waals surface area (Å²) in [6.07, 6.45) is 6.40. The molecule has 2 aromatic rings. The molecule has 0 spiro atoms. The molecule has 0 saturated carbocycles.